The van der Waals surface area contributed by atoms with Crippen LogP contribution in [0.25, 0.3) is 0 Å². The van der Waals surface area contributed by atoms with E-state index in [1.165, 1.54) is 11.6 Å². The molecule has 1 rings (SSSR count). The number of allylic oxidation sites excluding steroid dienone is 2. The van der Waals surface area contributed by atoms with Crippen molar-refractivity contribution in [2.45, 2.75) is 38.5 Å². The lowest BCUT2D eigenvalue weighted by Gasteiger charge is -2.31. The van der Waals surface area contributed by atoms with E-state index in [1.807, 2.05) is 0 Å². The first-order valence-corrected chi connectivity index (χ1v) is 9.56. The van der Waals surface area contributed by atoms with Crippen LogP contribution in [-0.4, -0.2) is 31.5 Å². The van der Waals surface area contributed by atoms with Gasteiger partial charge in [0, 0.05) is 21.3 Å². The second kappa shape index (κ2) is 5.28. The van der Waals surface area contributed by atoms with Gasteiger partial charge in [-0.05, 0) is 30.7 Å². The molecule has 15 heavy (non-hydrogen) atoms. The molecule has 0 saturated carbocycles. The summed E-state index contributed by atoms with van der Waals surface area (Å²) in [6, 6.07) is 1.24. The van der Waals surface area contributed by atoms with E-state index in [4.69, 9.17) is 0 Å². The second-order valence-electron chi connectivity index (χ2n) is 5.92. The molecule has 0 bridgehead atoms. The van der Waals surface area contributed by atoms with Gasteiger partial charge in [-0.25, -0.2) is 0 Å². The lowest BCUT2D eigenvalue weighted by Crippen LogP contribution is -2.28. The lowest BCUT2D eigenvalue weighted by molar-refractivity contribution is 0.115. The van der Waals surface area contributed by atoms with Crippen LogP contribution in [0.5, 0.6) is 0 Å². The number of aliphatic hydroxyl groups is 2. The summed E-state index contributed by atoms with van der Waals surface area (Å²) in [5, 5.41) is 18.5. The highest BCUT2D eigenvalue weighted by Crippen LogP contribution is 2.33. The molecular formula is C12H24O2Si. The molecule has 0 unspecified atom stereocenters. The van der Waals surface area contributed by atoms with Gasteiger partial charge in [-0.3, -0.25) is 0 Å². The largest absolute Gasteiger partial charge is 0.396 e. The van der Waals surface area contributed by atoms with Crippen LogP contribution in [0.3, 0.4) is 0 Å². The lowest BCUT2D eigenvalue weighted by atomic mass is 9.81. The summed E-state index contributed by atoms with van der Waals surface area (Å²) in [4.78, 5) is 0. The Hall–Kier alpha value is -0.123. The molecule has 0 aromatic rings. The van der Waals surface area contributed by atoms with Gasteiger partial charge in [-0.15, -0.1) is 0 Å². The SMILES string of the molecule is C[Si](C)(C)CC1=CC[C@@H](CO)[C@@H](CO)C1. The van der Waals surface area contributed by atoms with Crippen LogP contribution in [0.15, 0.2) is 11.6 Å². The maximum Gasteiger partial charge on any atom is 0.0483 e. The Morgan fingerprint density at radius 1 is 1.20 bits per heavy atom. The third kappa shape index (κ3) is 4.09. The summed E-state index contributed by atoms with van der Waals surface area (Å²) in [6.07, 6.45) is 4.23. The molecule has 0 heterocycles. The van der Waals surface area contributed by atoms with Crippen molar-refractivity contribution in [1.29, 1.82) is 0 Å². The molecule has 0 aromatic heterocycles. The van der Waals surface area contributed by atoms with Crippen molar-refractivity contribution in [1.82, 2.24) is 0 Å². The van der Waals surface area contributed by atoms with E-state index >= 15 is 0 Å². The zero-order valence-corrected chi connectivity index (χ0v) is 11.2. The van der Waals surface area contributed by atoms with E-state index in [0.29, 0.717) is 0 Å². The number of hydrogen-bond acceptors (Lipinski definition) is 2. The van der Waals surface area contributed by atoms with E-state index in [9.17, 15) is 10.2 Å². The third-order valence-electron chi connectivity index (χ3n) is 3.13. The molecule has 88 valence electrons. The fraction of sp³-hybridized carbons (Fsp3) is 0.833. The maximum atomic E-state index is 9.28. The van der Waals surface area contributed by atoms with E-state index in [0.717, 1.165) is 12.8 Å². The van der Waals surface area contributed by atoms with Gasteiger partial charge in [-0.1, -0.05) is 31.3 Å². The highest BCUT2D eigenvalue weighted by Gasteiger charge is 2.26. The quantitative estimate of drug-likeness (QED) is 0.572. The Labute approximate surface area is 94.0 Å². The number of hydrogen-bond donors (Lipinski definition) is 2. The molecule has 2 atom stereocenters. The monoisotopic (exact) mass is 228 g/mol. The van der Waals surface area contributed by atoms with Crippen LogP contribution >= 0.6 is 0 Å². The first-order chi connectivity index (χ1) is 6.96. The van der Waals surface area contributed by atoms with Crippen LogP contribution in [0, 0.1) is 11.8 Å². The smallest absolute Gasteiger partial charge is 0.0483 e. The average molecular weight is 228 g/mol. The van der Waals surface area contributed by atoms with E-state index in [2.05, 4.69) is 25.7 Å². The van der Waals surface area contributed by atoms with Gasteiger partial charge < -0.3 is 10.2 Å². The fourth-order valence-corrected chi connectivity index (χ4v) is 4.01. The van der Waals surface area contributed by atoms with Gasteiger partial charge in [0.1, 0.15) is 0 Å². The van der Waals surface area contributed by atoms with Crippen molar-refractivity contribution in [2.24, 2.45) is 11.8 Å². The van der Waals surface area contributed by atoms with Crippen molar-refractivity contribution in [3.63, 3.8) is 0 Å². The molecule has 1 aliphatic carbocycles. The standard InChI is InChI=1S/C12H24O2Si/c1-15(2,3)9-10-4-5-11(7-13)12(6-10)8-14/h4,11-14H,5-9H2,1-3H3/t11-,12+/m0/s1. The predicted molar refractivity (Wildman–Crippen MR) is 66.6 cm³/mol. The molecule has 2 N–H and O–H groups in total. The molecule has 0 radical (unpaired) electrons. The average Bonchev–Trinajstić information content (AvgIpc) is 2.15. The molecule has 1 aliphatic rings. The minimum atomic E-state index is -1.03. The van der Waals surface area contributed by atoms with Crippen molar-refractivity contribution < 1.29 is 10.2 Å². The molecule has 0 aliphatic heterocycles. The first kappa shape index (κ1) is 12.9. The number of aliphatic hydroxyl groups excluding tert-OH is 2. The zero-order chi connectivity index (χ0) is 11.5. The van der Waals surface area contributed by atoms with Crippen molar-refractivity contribution in [3.05, 3.63) is 11.6 Å². The van der Waals surface area contributed by atoms with Crippen molar-refractivity contribution in [3.8, 4) is 0 Å². The second-order valence-corrected chi connectivity index (χ2v) is 11.4. The van der Waals surface area contributed by atoms with E-state index in [1.54, 1.807) is 0 Å². The normalized spacial score (nSPS) is 27.7. The molecular weight excluding hydrogens is 204 g/mol. The molecule has 0 aromatic carbocycles. The molecule has 0 amide bonds. The van der Waals surface area contributed by atoms with Gasteiger partial charge in [-0.2, -0.15) is 0 Å². The molecule has 3 heteroatoms. The highest BCUT2D eigenvalue weighted by molar-refractivity contribution is 6.76. The van der Waals surface area contributed by atoms with Gasteiger partial charge in [0.05, 0.1) is 0 Å². The fourth-order valence-electron chi connectivity index (χ4n) is 2.36. The first-order valence-electron chi connectivity index (χ1n) is 5.86. The van der Waals surface area contributed by atoms with Crippen LogP contribution in [0.4, 0.5) is 0 Å². The Bertz CT molecular complexity index is 230. The summed E-state index contributed by atoms with van der Waals surface area (Å²) in [7, 11) is -1.03. The summed E-state index contributed by atoms with van der Waals surface area (Å²) in [5.74, 6) is 0.562. The predicted octanol–water partition coefficient (Wildman–Crippen LogP) is 2.26. The van der Waals surface area contributed by atoms with Crippen LogP contribution in [-0.2, 0) is 0 Å². The van der Waals surface area contributed by atoms with Crippen LogP contribution in [0.2, 0.25) is 25.7 Å². The molecule has 0 fully saturated rings. The van der Waals surface area contributed by atoms with Crippen LogP contribution < -0.4 is 0 Å². The zero-order valence-electron chi connectivity index (χ0n) is 10.2. The summed E-state index contributed by atoms with van der Waals surface area (Å²) < 4.78 is 0. The van der Waals surface area contributed by atoms with E-state index < -0.39 is 8.07 Å². The summed E-state index contributed by atoms with van der Waals surface area (Å²) in [6.45, 7) is 7.55. The van der Waals surface area contributed by atoms with Gasteiger partial charge in [0.25, 0.3) is 0 Å². The van der Waals surface area contributed by atoms with Gasteiger partial charge >= 0.3 is 0 Å². The van der Waals surface area contributed by atoms with Gasteiger partial charge in [0.2, 0.25) is 0 Å². The maximum absolute atomic E-state index is 9.28. The highest BCUT2D eigenvalue weighted by atomic mass is 28.3. The third-order valence-corrected chi connectivity index (χ3v) is 4.64. The Morgan fingerprint density at radius 3 is 2.27 bits per heavy atom. The molecule has 2 nitrogen and oxygen atoms in total. The Balaban J connectivity index is 2.59. The topological polar surface area (TPSA) is 40.5 Å². The number of rotatable bonds is 4. The van der Waals surface area contributed by atoms with Crippen molar-refractivity contribution >= 4 is 8.07 Å². The van der Waals surface area contributed by atoms with Crippen molar-refractivity contribution in [2.75, 3.05) is 13.2 Å². The Kier molecular flexibility index (Phi) is 4.56. The Morgan fingerprint density at radius 2 is 1.80 bits per heavy atom. The minimum absolute atomic E-state index is 0.210. The summed E-state index contributed by atoms with van der Waals surface area (Å²) in [5.41, 5.74) is 1.51. The minimum Gasteiger partial charge on any atom is -0.396 e. The molecule has 0 saturated heterocycles. The van der Waals surface area contributed by atoms with E-state index in [-0.39, 0.29) is 25.0 Å². The summed E-state index contributed by atoms with van der Waals surface area (Å²) >= 11 is 0. The van der Waals surface area contributed by atoms with Crippen LogP contribution in [0.1, 0.15) is 12.8 Å². The van der Waals surface area contributed by atoms with Gasteiger partial charge in [0.15, 0.2) is 0 Å². The molecule has 0 spiro atoms.